The topological polar surface area (TPSA) is 89.8 Å². The number of methoxy groups -OCH3 is 2. The Morgan fingerprint density at radius 3 is 2.47 bits per heavy atom. The van der Waals surface area contributed by atoms with E-state index in [-0.39, 0.29) is 12.1 Å². The predicted molar refractivity (Wildman–Crippen MR) is 103 cm³/mol. The molecule has 0 saturated carbocycles. The van der Waals surface area contributed by atoms with Crippen molar-refractivity contribution in [3.05, 3.63) is 57.5 Å². The molecule has 2 N–H and O–H groups in total. The molecule has 0 aliphatic rings. The maximum Gasteiger partial charge on any atom is 0.416 e. The molecular weight excluding hydrogens is 405 g/mol. The third-order valence-electron chi connectivity index (χ3n) is 4.52. The van der Waals surface area contributed by atoms with Crippen LogP contribution < -0.4 is 20.3 Å². The Morgan fingerprint density at radius 1 is 1.20 bits per heavy atom. The van der Waals surface area contributed by atoms with Gasteiger partial charge in [-0.25, -0.2) is 0 Å². The third kappa shape index (κ3) is 5.53. The number of nitrogens with zero attached hydrogens (tertiary/aromatic N) is 1. The number of hydrogen-bond acceptors (Lipinski definition) is 5. The zero-order valence-corrected chi connectivity index (χ0v) is 16.7. The summed E-state index contributed by atoms with van der Waals surface area (Å²) in [5, 5.41) is 11.0. The Labute approximate surface area is 171 Å². The predicted octanol–water partition coefficient (Wildman–Crippen LogP) is 2.07. The summed E-state index contributed by atoms with van der Waals surface area (Å²) < 4.78 is 48.9. The van der Waals surface area contributed by atoms with Crippen LogP contribution >= 0.6 is 0 Å². The molecule has 7 nitrogen and oxygen atoms in total. The summed E-state index contributed by atoms with van der Waals surface area (Å²) in [6, 6.07) is 6.85. The van der Waals surface area contributed by atoms with Crippen LogP contribution in [0.2, 0.25) is 0 Å². The average Bonchev–Trinajstić information content (AvgIpc) is 2.70. The number of aryl methyl sites for hydroxylation is 3. The number of ether oxygens (including phenoxy) is 2. The molecular formula is C20H23F3N2O5. The fraction of sp³-hybridized carbons (Fsp3) is 0.400. The van der Waals surface area contributed by atoms with E-state index in [1.807, 2.05) is 11.4 Å². The molecule has 1 amide bonds. The summed E-state index contributed by atoms with van der Waals surface area (Å²) in [5.74, 6) is 0.129. The molecule has 164 valence electrons. The minimum absolute atomic E-state index is 0.236. The van der Waals surface area contributed by atoms with Gasteiger partial charge in [-0.3, -0.25) is 9.59 Å². The first-order chi connectivity index (χ1) is 14.1. The number of aromatic nitrogens is 1. The van der Waals surface area contributed by atoms with Crippen LogP contribution in [0.1, 0.15) is 21.5 Å². The number of alkyl halides is 3. The van der Waals surface area contributed by atoms with Gasteiger partial charge in [0.25, 0.3) is 11.5 Å². The monoisotopic (exact) mass is 428 g/mol. The molecule has 1 aromatic carbocycles. The van der Waals surface area contributed by atoms with Gasteiger partial charge in [0.05, 0.1) is 20.8 Å². The van der Waals surface area contributed by atoms with Crippen molar-refractivity contribution in [2.24, 2.45) is 0 Å². The van der Waals surface area contributed by atoms with Crippen LogP contribution in [-0.4, -0.2) is 48.6 Å². The largest absolute Gasteiger partial charge is 0.493 e. The lowest BCUT2D eigenvalue weighted by Crippen LogP contribution is -2.42. The van der Waals surface area contributed by atoms with E-state index >= 15 is 0 Å². The Kier molecular flexibility index (Phi) is 7.49. The highest BCUT2D eigenvalue weighted by Crippen LogP contribution is 2.27. The number of pyridine rings is 1. The van der Waals surface area contributed by atoms with Crippen molar-refractivity contribution in [3.8, 4) is 11.5 Å². The lowest BCUT2D eigenvalue weighted by Gasteiger charge is -2.16. The molecule has 0 bridgehead atoms. The minimum Gasteiger partial charge on any atom is -0.493 e. The van der Waals surface area contributed by atoms with E-state index in [0.717, 1.165) is 5.56 Å². The summed E-state index contributed by atoms with van der Waals surface area (Å²) in [6.07, 6.45) is -5.62. The highest BCUT2D eigenvalue weighted by atomic mass is 19.4. The summed E-state index contributed by atoms with van der Waals surface area (Å²) in [7, 11) is 3.02. The Bertz CT molecular complexity index is 956. The summed E-state index contributed by atoms with van der Waals surface area (Å²) in [4.78, 5) is 25.0. The average molecular weight is 428 g/mol. The van der Waals surface area contributed by atoms with Crippen molar-refractivity contribution < 1.29 is 32.5 Å². The lowest BCUT2D eigenvalue weighted by atomic mass is 10.1. The second-order valence-electron chi connectivity index (χ2n) is 6.58. The summed E-state index contributed by atoms with van der Waals surface area (Å²) in [5.41, 5.74) is 0.287. The van der Waals surface area contributed by atoms with Gasteiger partial charge in [0, 0.05) is 12.7 Å². The highest BCUT2D eigenvalue weighted by molar-refractivity contribution is 5.95. The second-order valence-corrected chi connectivity index (χ2v) is 6.58. The number of hydrogen-bond donors (Lipinski definition) is 2. The van der Waals surface area contributed by atoms with E-state index in [1.54, 1.807) is 12.1 Å². The fourth-order valence-electron chi connectivity index (χ4n) is 2.80. The molecule has 1 heterocycles. The van der Waals surface area contributed by atoms with Crippen molar-refractivity contribution >= 4 is 5.91 Å². The third-order valence-corrected chi connectivity index (χ3v) is 4.52. The smallest absolute Gasteiger partial charge is 0.416 e. The maximum absolute atomic E-state index is 12.7. The van der Waals surface area contributed by atoms with Crippen LogP contribution in [-0.2, 0) is 13.0 Å². The van der Waals surface area contributed by atoms with E-state index in [1.165, 1.54) is 38.0 Å². The van der Waals surface area contributed by atoms with E-state index in [9.17, 15) is 22.8 Å². The van der Waals surface area contributed by atoms with Crippen LogP contribution in [0.4, 0.5) is 13.2 Å². The lowest BCUT2D eigenvalue weighted by molar-refractivity contribution is -0.201. The van der Waals surface area contributed by atoms with Gasteiger partial charge in [0.2, 0.25) is 0 Å². The number of rotatable bonds is 8. The molecule has 30 heavy (non-hydrogen) atoms. The molecule has 0 radical (unpaired) electrons. The Morgan fingerprint density at radius 2 is 1.87 bits per heavy atom. The van der Waals surface area contributed by atoms with Gasteiger partial charge in [-0.15, -0.1) is 0 Å². The van der Waals surface area contributed by atoms with E-state index in [4.69, 9.17) is 14.6 Å². The second kappa shape index (κ2) is 9.66. The number of aliphatic hydroxyl groups excluding tert-OH is 1. The van der Waals surface area contributed by atoms with Crippen LogP contribution in [0.25, 0.3) is 0 Å². The normalized spacial score (nSPS) is 12.4. The standard InChI is InChI=1S/C20H23F3N2O5/c1-12-6-8-25(9-7-13-4-5-14(29-2)15(10-13)30-3)19(28)17(12)18(27)24-11-16(26)20(21,22)23/h4-6,8,10,16,26H,7,9,11H2,1-3H3,(H,24,27). The molecule has 0 aliphatic carbocycles. The molecule has 0 aliphatic heterocycles. The van der Waals surface area contributed by atoms with Crippen molar-refractivity contribution in [1.82, 2.24) is 9.88 Å². The van der Waals surface area contributed by atoms with Crippen LogP contribution in [0, 0.1) is 6.92 Å². The number of halogens is 3. The number of nitrogens with one attached hydrogen (secondary N) is 1. The summed E-state index contributed by atoms with van der Waals surface area (Å²) in [6.45, 7) is 0.705. The first-order valence-electron chi connectivity index (χ1n) is 9.02. The molecule has 10 heteroatoms. The molecule has 1 aromatic heterocycles. The van der Waals surface area contributed by atoms with Gasteiger partial charge in [0.15, 0.2) is 17.6 Å². The van der Waals surface area contributed by atoms with Gasteiger partial charge in [0.1, 0.15) is 5.56 Å². The van der Waals surface area contributed by atoms with Crippen molar-refractivity contribution in [3.63, 3.8) is 0 Å². The van der Waals surface area contributed by atoms with E-state index in [2.05, 4.69) is 0 Å². The molecule has 2 rings (SSSR count). The molecule has 0 fully saturated rings. The van der Waals surface area contributed by atoms with E-state index in [0.29, 0.717) is 23.5 Å². The molecule has 1 unspecified atom stereocenters. The number of amides is 1. The van der Waals surface area contributed by atoms with Crippen molar-refractivity contribution in [2.45, 2.75) is 32.2 Å². The minimum atomic E-state index is -4.86. The van der Waals surface area contributed by atoms with Crippen LogP contribution in [0.5, 0.6) is 11.5 Å². The van der Waals surface area contributed by atoms with Gasteiger partial charge in [-0.1, -0.05) is 6.07 Å². The Balaban J connectivity index is 2.16. The quantitative estimate of drug-likeness (QED) is 0.672. The summed E-state index contributed by atoms with van der Waals surface area (Å²) >= 11 is 0. The fourth-order valence-corrected chi connectivity index (χ4v) is 2.80. The van der Waals surface area contributed by atoms with Gasteiger partial charge in [-0.2, -0.15) is 13.2 Å². The zero-order valence-electron chi connectivity index (χ0n) is 16.7. The van der Waals surface area contributed by atoms with Gasteiger partial charge >= 0.3 is 6.18 Å². The zero-order chi connectivity index (χ0) is 22.5. The first kappa shape index (κ1) is 23.3. The van der Waals surface area contributed by atoms with Gasteiger partial charge in [-0.05, 0) is 42.7 Å². The number of carbonyl (C=O) groups is 1. The van der Waals surface area contributed by atoms with Crippen molar-refractivity contribution in [1.29, 1.82) is 0 Å². The van der Waals surface area contributed by atoms with Crippen molar-refractivity contribution in [2.75, 3.05) is 20.8 Å². The molecule has 0 spiro atoms. The molecule has 2 aromatic rings. The van der Waals surface area contributed by atoms with Crippen LogP contribution in [0.15, 0.2) is 35.3 Å². The van der Waals surface area contributed by atoms with Gasteiger partial charge < -0.3 is 24.5 Å². The molecule has 1 atom stereocenters. The Hall–Kier alpha value is -3.01. The molecule has 0 saturated heterocycles. The van der Waals surface area contributed by atoms with Crippen LogP contribution in [0.3, 0.4) is 0 Å². The number of benzene rings is 1. The number of aliphatic hydroxyl groups is 1. The maximum atomic E-state index is 12.7. The first-order valence-corrected chi connectivity index (χ1v) is 9.02. The number of carbonyl (C=O) groups excluding carboxylic acids is 1. The van der Waals surface area contributed by atoms with E-state index < -0.39 is 30.3 Å². The SMILES string of the molecule is COc1ccc(CCn2ccc(C)c(C(=O)NCC(O)C(F)(F)F)c2=O)cc1OC. The highest BCUT2D eigenvalue weighted by Gasteiger charge is 2.38.